The smallest absolute Gasteiger partial charge is 0.326 e. The van der Waals surface area contributed by atoms with E-state index in [9.17, 15) is 14.7 Å². The van der Waals surface area contributed by atoms with Gasteiger partial charge in [0.15, 0.2) is 0 Å². The van der Waals surface area contributed by atoms with Crippen molar-refractivity contribution in [2.45, 2.75) is 71.9 Å². The van der Waals surface area contributed by atoms with Gasteiger partial charge in [0.05, 0.1) is 29.8 Å². The second-order valence-electron chi connectivity index (χ2n) is 9.94. The number of rotatable bonds is 9. The third-order valence-corrected chi connectivity index (χ3v) is 6.47. The number of esters is 1. The quantitative estimate of drug-likeness (QED) is 0.390. The lowest BCUT2D eigenvalue weighted by molar-refractivity contribution is -0.152. The molecule has 2 aromatic heterocycles. The number of benzene rings is 1. The topological polar surface area (TPSA) is 118 Å². The van der Waals surface area contributed by atoms with Crippen molar-refractivity contribution in [1.29, 1.82) is 0 Å². The summed E-state index contributed by atoms with van der Waals surface area (Å²) in [4.78, 5) is 32.1. The minimum absolute atomic E-state index is 0.112. The molecule has 3 atom stereocenters. The summed E-state index contributed by atoms with van der Waals surface area (Å²) in [6.45, 7) is 9.58. The zero-order valence-corrected chi connectivity index (χ0v) is 21.4. The number of H-pyrrole nitrogens is 1. The molecule has 0 spiro atoms. The molecule has 1 aliphatic rings. The molecular weight excluding hydrogens is 460 g/mol. The van der Waals surface area contributed by atoms with Crippen LogP contribution in [0, 0.1) is 12.8 Å². The van der Waals surface area contributed by atoms with E-state index in [1.807, 2.05) is 24.3 Å². The lowest BCUT2D eigenvalue weighted by Gasteiger charge is -2.23. The van der Waals surface area contributed by atoms with E-state index in [0.29, 0.717) is 18.0 Å². The van der Waals surface area contributed by atoms with Crippen LogP contribution >= 0.6 is 0 Å². The number of fused-ring (bicyclic) bond motifs is 1. The lowest BCUT2D eigenvalue weighted by Crippen LogP contribution is -2.46. The fraction of sp³-hybridized carbons (Fsp3) is 0.519. The van der Waals surface area contributed by atoms with Crippen molar-refractivity contribution < 1.29 is 19.4 Å². The van der Waals surface area contributed by atoms with Gasteiger partial charge in [0.25, 0.3) is 5.56 Å². The number of pyridine rings is 1. The molecule has 4 rings (SSSR count). The fourth-order valence-corrected chi connectivity index (χ4v) is 4.61. The summed E-state index contributed by atoms with van der Waals surface area (Å²) < 4.78 is 13.2. The van der Waals surface area contributed by atoms with Crippen LogP contribution in [-0.4, -0.2) is 57.1 Å². The van der Waals surface area contributed by atoms with Crippen molar-refractivity contribution in [3.8, 4) is 11.4 Å². The molecular formula is C27H36N4O5. The Bertz CT molecular complexity index is 1260. The molecule has 194 valence electrons. The third kappa shape index (κ3) is 6.03. The van der Waals surface area contributed by atoms with E-state index in [-0.39, 0.29) is 11.7 Å². The highest BCUT2D eigenvalue weighted by Crippen LogP contribution is 2.28. The maximum atomic E-state index is 12.4. The molecule has 0 unspecified atom stereocenters. The molecule has 0 aliphatic carbocycles. The first-order valence-electron chi connectivity index (χ1n) is 12.6. The molecule has 9 heteroatoms. The molecule has 3 heterocycles. The van der Waals surface area contributed by atoms with Crippen molar-refractivity contribution in [2.24, 2.45) is 5.92 Å². The molecule has 1 aromatic carbocycles. The highest BCUT2D eigenvalue weighted by molar-refractivity contribution is 5.81. The third-order valence-electron chi connectivity index (χ3n) is 6.47. The van der Waals surface area contributed by atoms with Crippen LogP contribution in [0.25, 0.3) is 22.4 Å². The fourth-order valence-electron chi connectivity index (χ4n) is 4.61. The van der Waals surface area contributed by atoms with Crippen molar-refractivity contribution in [3.63, 3.8) is 0 Å². The second kappa shape index (κ2) is 11.4. The Labute approximate surface area is 210 Å². The highest BCUT2D eigenvalue weighted by Gasteiger charge is 2.26. The van der Waals surface area contributed by atoms with E-state index in [0.717, 1.165) is 60.6 Å². The maximum absolute atomic E-state index is 12.4. The van der Waals surface area contributed by atoms with Crippen molar-refractivity contribution >= 4 is 17.0 Å². The summed E-state index contributed by atoms with van der Waals surface area (Å²) in [6.07, 6.45) is 2.70. The standard InChI is InChI=1S/C27H36N4O5/c1-16(2)36-27(34)24(18(4)32)28-12-19-7-8-23-22(11-19)30-25(21-10-17(3)26(33)29-13-21)31(23)14-20-6-5-9-35-15-20/h7-8,10-11,13,16,18,20,24,28,32H,5-6,9,12,14-15H2,1-4H3,(H,29,33)/t18-,20-,24+/m1/s1. The van der Waals surface area contributed by atoms with Gasteiger partial charge < -0.3 is 24.1 Å². The molecule has 0 amide bonds. The molecule has 1 saturated heterocycles. The van der Waals surface area contributed by atoms with Gasteiger partial charge in [-0.3, -0.25) is 14.9 Å². The van der Waals surface area contributed by atoms with Gasteiger partial charge in [-0.1, -0.05) is 6.07 Å². The van der Waals surface area contributed by atoms with Gasteiger partial charge in [0.1, 0.15) is 11.9 Å². The largest absolute Gasteiger partial charge is 0.462 e. The number of ether oxygens (including phenoxy) is 2. The molecule has 0 saturated carbocycles. The maximum Gasteiger partial charge on any atom is 0.326 e. The molecule has 0 radical (unpaired) electrons. The van der Waals surface area contributed by atoms with Crippen molar-refractivity contribution in [1.82, 2.24) is 19.9 Å². The summed E-state index contributed by atoms with van der Waals surface area (Å²) in [5, 5.41) is 13.2. The number of carbonyl (C=O) groups excluding carboxylic acids is 1. The number of aromatic amines is 1. The minimum atomic E-state index is -0.896. The summed E-state index contributed by atoms with van der Waals surface area (Å²) in [6, 6.07) is 7.07. The predicted octanol–water partition coefficient (Wildman–Crippen LogP) is 2.92. The van der Waals surface area contributed by atoms with Gasteiger partial charge >= 0.3 is 5.97 Å². The number of aliphatic hydroxyl groups is 1. The second-order valence-corrected chi connectivity index (χ2v) is 9.94. The first kappa shape index (κ1) is 26.1. The minimum Gasteiger partial charge on any atom is -0.462 e. The first-order chi connectivity index (χ1) is 17.2. The van der Waals surface area contributed by atoms with Gasteiger partial charge in [-0.25, -0.2) is 4.98 Å². The van der Waals surface area contributed by atoms with Crippen LogP contribution in [0.4, 0.5) is 0 Å². The number of aromatic nitrogens is 3. The van der Waals surface area contributed by atoms with E-state index in [1.54, 1.807) is 33.9 Å². The molecule has 0 bridgehead atoms. The zero-order chi connectivity index (χ0) is 25.8. The summed E-state index contributed by atoms with van der Waals surface area (Å²) in [5.41, 5.74) is 4.12. The van der Waals surface area contributed by atoms with Crippen LogP contribution in [0.1, 0.15) is 44.7 Å². The molecule has 3 aromatic rings. The van der Waals surface area contributed by atoms with Crippen LogP contribution < -0.4 is 10.9 Å². The molecule has 1 fully saturated rings. The van der Waals surface area contributed by atoms with Gasteiger partial charge in [-0.2, -0.15) is 0 Å². The summed E-state index contributed by atoms with van der Waals surface area (Å²) in [5.74, 6) is 0.706. The van der Waals surface area contributed by atoms with E-state index >= 15 is 0 Å². The number of aliphatic hydroxyl groups excluding tert-OH is 1. The lowest BCUT2D eigenvalue weighted by atomic mass is 10.0. The van der Waals surface area contributed by atoms with Crippen LogP contribution in [0.5, 0.6) is 0 Å². The monoisotopic (exact) mass is 496 g/mol. The van der Waals surface area contributed by atoms with Gasteiger partial charge in [0.2, 0.25) is 0 Å². The number of nitrogens with zero attached hydrogens (tertiary/aromatic N) is 2. The number of hydrogen-bond acceptors (Lipinski definition) is 7. The number of nitrogens with one attached hydrogen (secondary N) is 2. The van der Waals surface area contributed by atoms with E-state index < -0.39 is 18.1 Å². The molecule has 1 aliphatic heterocycles. The summed E-state index contributed by atoms with van der Waals surface area (Å²) >= 11 is 0. The van der Waals surface area contributed by atoms with Crippen LogP contribution in [0.3, 0.4) is 0 Å². The highest BCUT2D eigenvalue weighted by atomic mass is 16.5. The van der Waals surface area contributed by atoms with Crippen molar-refractivity contribution in [3.05, 3.63) is 51.9 Å². The Kier molecular flexibility index (Phi) is 8.23. The van der Waals surface area contributed by atoms with Gasteiger partial charge in [0, 0.05) is 42.9 Å². The van der Waals surface area contributed by atoms with E-state index in [4.69, 9.17) is 14.5 Å². The average Bonchev–Trinajstić information content (AvgIpc) is 3.18. The van der Waals surface area contributed by atoms with E-state index in [1.165, 1.54) is 0 Å². The number of carbonyl (C=O) groups is 1. The Morgan fingerprint density at radius 2 is 2.14 bits per heavy atom. The Morgan fingerprint density at radius 3 is 2.81 bits per heavy atom. The van der Waals surface area contributed by atoms with Crippen LogP contribution in [0.15, 0.2) is 35.3 Å². The van der Waals surface area contributed by atoms with Crippen LogP contribution in [0.2, 0.25) is 0 Å². The Balaban J connectivity index is 1.64. The Hall–Kier alpha value is -3.01. The van der Waals surface area contributed by atoms with Gasteiger partial charge in [-0.05, 0) is 64.3 Å². The number of imidazole rings is 1. The van der Waals surface area contributed by atoms with Crippen molar-refractivity contribution in [2.75, 3.05) is 13.2 Å². The van der Waals surface area contributed by atoms with Gasteiger partial charge in [-0.15, -0.1) is 0 Å². The SMILES string of the molecule is Cc1cc(-c2nc3cc(CN[C@H](C(=O)OC(C)C)[C@@H](C)O)ccc3n2C[C@H]2CCCOC2)c[nH]c1=O. The first-order valence-corrected chi connectivity index (χ1v) is 12.6. The molecule has 9 nitrogen and oxygen atoms in total. The average molecular weight is 497 g/mol. The Morgan fingerprint density at radius 1 is 1.33 bits per heavy atom. The number of aryl methyl sites for hydroxylation is 1. The summed E-state index contributed by atoms with van der Waals surface area (Å²) in [7, 11) is 0. The zero-order valence-electron chi connectivity index (χ0n) is 21.4. The predicted molar refractivity (Wildman–Crippen MR) is 138 cm³/mol. The van der Waals surface area contributed by atoms with E-state index in [2.05, 4.69) is 14.9 Å². The molecule has 3 N–H and O–H groups in total. The molecule has 36 heavy (non-hydrogen) atoms. The van der Waals surface area contributed by atoms with Crippen LogP contribution in [-0.2, 0) is 27.4 Å². The number of hydrogen-bond donors (Lipinski definition) is 3. The normalized spacial score (nSPS) is 17.9.